The van der Waals surface area contributed by atoms with Crippen molar-refractivity contribution in [1.82, 2.24) is 0 Å². The Labute approximate surface area is 191 Å². The van der Waals surface area contributed by atoms with Crippen molar-refractivity contribution < 1.29 is 14.4 Å². The van der Waals surface area contributed by atoms with Gasteiger partial charge < -0.3 is 5.11 Å². The number of hydrogen-bond acceptors (Lipinski definition) is 3. The summed E-state index contributed by atoms with van der Waals surface area (Å²) >= 11 is 0. The molecule has 0 aromatic rings. The number of rotatable bonds is 20. The van der Waals surface area contributed by atoms with Crippen LogP contribution in [-0.2, 0) is 4.79 Å². The molecule has 2 atom stereocenters. The average Bonchev–Trinajstić information content (AvgIpc) is 3.13. The van der Waals surface area contributed by atoms with Gasteiger partial charge >= 0.3 is 5.97 Å². The van der Waals surface area contributed by atoms with Crippen molar-refractivity contribution in [2.24, 2.45) is 10.7 Å². The van der Waals surface area contributed by atoms with E-state index in [-0.39, 0.29) is 17.2 Å². The molecule has 1 aliphatic heterocycles. The van der Waals surface area contributed by atoms with Crippen LogP contribution in [0.4, 0.5) is 0 Å². The maximum Gasteiger partial charge on any atom is 0.360 e. The fraction of sp³-hybridized carbons (Fsp3) is 0.769. The monoisotopic (exact) mass is 434 g/mol. The molecule has 1 heterocycles. The topological polar surface area (TPSA) is 75.7 Å². The third-order valence-electron chi connectivity index (χ3n) is 6.32. The van der Waals surface area contributed by atoms with Crippen molar-refractivity contribution in [3.8, 4) is 0 Å². The van der Waals surface area contributed by atoms with Crippen LogP contribution in [0.1, 0.15) is 117 Å². The molecular formula is C26H48N3O2+. The number of amidine groups is 1. The second-order valence-electron chi connectivity index (χ2n) is 9.11. The molecule has 1 rings (SSSR count). The molecule has 0 aliphatic carbocycles. The van der Waals surface area contributed by atoms with Gasteiger partial charge in [0.15, 0.2) is 6.54 Å². The number of aliphatic carboxylic acids is 1. The molecule has 31 heavy (non-hydrogen) atoms. The van der Waals surface area contributed by atoms with Crippen molar-refractivity contribution in [1.29, 1.82) is 0 Å². The molecule has 0 bridgehead atoms. The number of nitrogens with two attached hydrogens (primary N) is 1. The molecule has 0 saturated heterocycles. The summed E-state index contributed by atoms with van der Waals surface area (Å²) in [6, 6.07) is 0. The SMILES string of the molecule is CCCCCC/C=C/CCCCCCCCCCCC1=NC=C[N+]1(CC(=O)O)C(C)N. The Morgan fingerprint density at radius 2 is 1.48 bits per heavy atom. The van der Waals surface area contributed by atoms with E-state index in [1.54, 1.807) is 6.20 Å². The third-order valence-corrected chi connectivity index (χ3v) is 6.32. The maximum atomic E-state index is 11.3. The quantitative estimate of drug-likeness (QED) is 0.124. The minimum Gasteiger partial charge on any atom is -0.477 e. The minimum atomic E-state index is -0.838. The molecular weight excluding hydrogens is 386 g/mol. The number of nitrogens with zero attached hydrogens (tertiary/aromatic N) is 2. The number of carbonyl (C=O) groups is 1. The minimum absolute atomic E-state index is 0.0260. The summed E-state index contributed by atoms with van der Waals surface area (Å²) in [6.45, 7) is 4.10. The highest BCUT2D eigenvalue weighted by molar-refractivity contribution is 5.81. The lowest BCUT2D eigenvalue weighted by Crippen LogP contribution is -2.59. The zero-order chi connectivity index (χ0) is 22.8. The van der Waals surface area contributed by atoms with Gasteiger partial charge in [-0.15, -0.1) is 0 Å². The van der Waals surface area contributed by atoms with E-state index in [2.05, 4.69) is 24.1 Å². The van der Waals surface area contributed by atoms with E-state index in [0.717, 1.165) is 18.7 Å². The summed E-state index contributed by atoms with van der Waals surface area (Å²) in [5.74, 6) is 0.0578. The van der Waals surface area contributed by atoms with Crippen LogP contribution < -0.4 is 5.73 Å². The van der Waals surface area contributed by atoms with Crippen molar-refractivity contribution in [3.05, 3.63) is 24.6 Å². The van der Waals surface area contributed by atoms with Gasteiger partial charge in [0.1, 0.15) is 12.4 Å². The molecule has 0 radical (unpaired) electrons. The summed E-state index contributed by atoms with van der Waals surface area (Å²) in [5.41, 5.74) is 6.11. The number of unbranched alkanes of at least 4 members (excludes halogenated alkanes) is 13. The van der Waals surface area contributed by atoms with E-state index in [4.69, 9.17) is 5.73 Å². The van der Waals surface area contributed by atoms with E-state index in [1.807, 2.05) is 13.1 Å². The van der Waals surface area contributed by atoms with E-state index >= 15 is 0 Å². The highest BCUT2D eigenvalue weighted by Gasteiger charge is 2.40. The predicted molar refractivity (Wildman–Crippen MR) is 132 cm³/mol. The van der Waals surface area contributed by atoms with Gasteiger partial charge in [-0.05, 0) is 32.1 Å². The van der Waals surface area contributed by atoms with E-state index in [9.17, 15) is 9.90 Å². The van der Waals surface area contributed by atoms with Gasteiger partial charge in [0.25, 0.3) is 0 Å². The number of quaternary nitrogens is 1. The molecule has 0 spiro atoms. The van der Waals surface area contributed by atoms with Gasteiger partial charge in [-0.2, -0.15) is 0 Å². The molecule has 5 nitrogen and oxygen atoms in total. The number of allylic oxidation sites excluding steroid dienone is 2. The molecule has 0 aromatic carbocycles. The second-order valence-corrected chi connectivity index (χ2v) is 9.11. The fourth-order valence-corrected chi connectivity index (χ4v) is 4.29. The van der Waals surface area contributed by atoms with E-state index in [0.29, 0.717) is 0 Å². The molecule has 3 N–H and O–H groups in total. The fourth-order valence-electron chi connectivity index (χ4n) is 4.29. The van der Waals surface area contributed by atoms with Crippen LogP contribution in [0.2, 0.25) is 0 Å². The van der Waals surface area contributed by atoms with Gasteiger partial charge in [-0.3, -0.25) is 5.73 Å². The molecule has 1 aliphatic rings. The Kier molecular flexibility index (Phi) is 15.2. The lowest BCUT2D eigenvalue weighted by molar-refractivity contribution is -0.805. The Balaban J connectivity index is 1.98. The van der Waals surface area contributed by atoms with Crippen LogP contribution in [0.5, 0.6) is 0 Å². The molecule has 2 unspecified atom stereocenters. The Morgan fingerprint density at radius 3 is 2.00 bits per heavy atom. The number of aliphatic imine (C=N–C) groups is 1. The van der Waals surface area contributed by atoms with Crippen LogP contribution in [-0.4, -0.2) is 34.1 Å². The van der Waals surface area contributed by atoms with Crippen LogP contribution in [0.25, 0.3) is 0 Å². The summed E-state index contributed by atoms with van der Waals surface area (Å²) in [7, 11) is 0. The van der Waals surface area contributed by atoms with Crippen molar-refractivity contribution in [2.75, 3.05) is 6.54 Å². The zero-order valence-electron chi connectivity index (χ0n) is 20.2. The lowest BCUT2D eigenvalue weighted by atomic mass is 10.0. The van der Waals surface area contributed by atoms with Crippen LogP contribution in [0.3, 0.4) is 0 Å². The van der Waals surface area contributed by atoms with E-state index < -0.39 is 5.97 Å². The summed E-state index contributed by atoms with van der Waals surface area (Å²) < 4.78 is 0.170. The van der Waals surface area contributed by atoms with Gasteiger partial charge in [0, 0.05) is 13.3 Å². The van der Waals surface area contributed by atoms with E-state index in [1.165, 1.54) is 89.9 Å². The van der Waals surface area contributed by atoms with Crippen LogP contribution >= 0.6 is 0 Å². The second kappa shape index (κ2) is 17.1. The molecule has 0 aromatic heterocycles. The number of carboxylic acids is 1. The Bertz CT molecular complexity index is 569. The molecule has 5 heteroatoms. The predicted octanol–water partition coefficient (Wildman–Crippen LogP) is 6.89. The van der Waals surface area contributed by atoms with Gasteiger partial charge in [-0.1, -0.05) is 83.3 Å². The van der Waals surface area contributed by atoms with Crippen molar-refractivity contribution in [2.45, 2.75) is 123 Å². The van der Waals surface area contributed by atoms with Crippen LogP contribution in [0.15, 0.2) is 29.5 Å². The third kappa shape index (κ3) is 11.6. The molecule has 0 amide bonds. The maximum absolute atomic E-state index is 11.3. The highest BCUT2D eigenvalue weighted by atomic mass is 16.4. The molecule has 178 valence electrons. The van der Waals surface area contributed by atoms with Crippen molar-refractivity contribution in [3.63, 3.8) is 0 Å². The largest absolute Gasteiger partial charge is 0.477 e. The molecule has 0 fully saturated rings. The lowest BCUT2D eigenvalue weighted by Gasteiger charge is -2.34. The molecule has 0 saturated carbocycles. The number of hydrogen-bond donors (Lipinski definition) is 2. The normalized spacial score (nSPS) is 19.3. The van der Waals surface area contributed by atoms with Gasteiger partial charge in [0.05, 0.1) is 6.20 Å². The highest BCUT2D eigenvalue weighted by Crippen LogP contribution is 2.23. The van der Waals surface area contributed by atoms with Crippen molar-refractivity contribution >= 4 is 11.8 Å². The summed E-state index contributed by atoms with van der Waals surface area (Å²) in [5, 5.41) is 9.26. The average molecular weight is 435 g/mol. The Morgan fingerprint density at radius 1 is 0.968 bits per heavy atom. The number of carboxylic acid groups (broad SMARTS) is 1. The van der Waals surface area contributed by atoms with Crippen LogP contribution in [0, 0.1) is 0 Å². The van der Waals surface area contributed by atoms with Gasteiger partial charge in [0.2, 0.25) is 5.84 Å². The first kappa shape index (κ1) is 27.6. The standard InChI is InChI=1S/C26H47N3O2/c1-3-4-5-6-7-8-9-10-11-12-13-14-15-16-17-18-19-20-25-28-21-22-29(25,24(2)27)23-26(30)31/h8-9,21-22,24H,3-7,10-20,23,27H2,1-2H3/p+1/b9-8+. The first-order valence-electron chi connectivity index (χ1n) is 12.8. The Hall–Kier alpha value is -1.46. The van der Waals surface area contributed by atoms with Gasteiger partial charge in [-0.25, -0.2) is 14.3 Å². The summed E-state index contributed by atoms with van der Waals surface area (Å²) in [4.78, 5) is 15.7. The first-order valence-corrected chi connectivity index (χ1v) is 12.8. The first-order chi connectivity index (χ1) is 15.0. The zero-order valence-corrected chi connectivity index (χ0v) is 20.2. The summed E-state index contributed by atoms with van der Waals surface area (Å²) in [6.07, 6.45) is 28.3. The smallest absolute Gasteiger partial charge is 0.360 e.